The van der Waals surface area contributed by atoms with Gasteiger partial charge < -0.3 is 15.4 Å². The smallest absolute Gasteiger partial charge is 0.306 e. The summed E-state index contributed by atoms with van der Waals surface area (Å²) in [5, 5.41) is 12.2. The Kier molecular flexibility index (Phi) is 3.94. The minimum absolute atomic E-state index is 0.107. The average molecular weight is 291 g/mol. The number of nitrogens with one attached hydrogen (secondary N) is 2. The second-order valence-corrected chi connectivity index (χ2v) is 6.23. The fourth-order valence-electron chi connectivity index (χ4n) is 2.98. The summed E-state index contributed by atoms with van der Waals surface area (Å²) in [5.74, 6) is 1.46. The lowest BCUT2D eigenvalue weighted by atomic mass is 9.82. The zero-order valence-electron chi connectivity index (χ0n) is 12.0. The van der Waals surface area contributed by atoms with Crippen molar-refractivity contribution in [2.45, 2.75) is 44.4 Å². The number of aliphatic carboxylic acids is 1. The van der Waals surface area contributed by atoms with E-state index in [-0.39, 0.29) is 11.5 Å². The van der Waals surface area contributed by atoms with Crippen LogP contribution in [0, 0.1) is 11.8 Å². The third-order valence-corrected chi connectivity index (χ3v) is 4.49. The number of hydrogen-bond acceptors (Lipinski definition) is 4. The van der Waals surface area contributed by atoms with Gasteiger partial charge in [-0.05, 0) is 44.4 Å². The Labute approximate surface area is 123 Å². The highest BCUT2D eigenvalue weighted by Crippen LogP contribution is 2.37. The quantitative estimate of drug-likeness (QED) is 0.770. The number of rotatable bonds is 5. The Hall–Kier alpha value is -1.85. The molecular weight excluding hydrogens is 270 g/mol. The Morgan fingerprint density at radius 1 is 1.29 bits per heavy atom. The van der Waals surface area contributed by atoms with E-state index >= 15 is 0 Å². The van der Waals surface area contributed by atoms with E-state index in [1.807, 2.05) is 0 Å². The van der Waals surface area contributed by atoms with Gasteiger partial charge in [-0.25, -0.2) is 4.98 Å². The van der Waals surface area contributed by atoms with Crippen LogP contribution in [-0.4, -0.2) is 27.6 Å². The summed E-state index contributed by atoms with van der Waals surface area (Å²) in [7, 11) is 0. The summed E-state index contributed by atoms with van der Waals surface area (Å²) < 4.78 is 0. The molecule has 1 aromatic heterocycles. The predicted molar refractivity (Wildman–Crippen MR) is 78.4 cm³/mol. The maximum atomic E-state index is 11.6. The minimum Gasteiger partial charge on any atom is -0.481 e. The van der Waals surface area contributed by atoms with E-state index in [1.165, 1.54) is 6.07 Å². The van der Waals surface area contributed by atoms with Crippen molar-refractivity contribution in [1.82, 2.24) is 9.97 Å². The van der Waals surface area contributed by atoms with E-state index in [4.69, 9.17) is 5.11 Å². The number of carboxylic acids is 1. The van der Waals surface area contributed by atoms with Crippen LogP contribution in [0.2, 0.25) is 0 Å². The molecule has 3 rings (SSSR count). The summed E-state index contributed by atoms with van der Waals surface area (Å²) in [6, 6.07) is 1.49. The first-order chi connectivity index (χ1) is 10.1. The molecule has 0 atom stereocenters. The highest BCUT2D eigenvalue weighted by atomic mass is 16.4. The summed E-state index contributed by atoms with van der Waals surface area (Å²) in [4.78, 5) is 29.8. The second-order valence-electron chi connectivity index (χ2n) is 6.23. The Morgan fingerprint density at radius 2 is 2.00 bits per heavy atom. The number of aromatic nitrogens is 2. The molecule has 6 nitrogen and oxygen atoms in total. The van der Waals surface area contributed by atoms with E-state index in [2.05, 4.69) is 15.3 Å². The summed E-state index contributed by atoms with van der Waals surface area (Å²) in [5.41, 5.74) is -0.107. The first kappa shape index (κ1) is 14.1. The fraction of sp³-hybridized carbons (Fsp3) is 0.667. The van der Waals surface area contributed by atoms with Crippen molar-refractivity contribution < 1.29 is 9.90 Å². The van der Waals surface area contributed by atoms with Gasteiger partial charge in [-0.15, -0.1) is 0 Å². The van der Waals surface area contributed by atoms with Gasteiger partial charge in [0.1, 0.15) is 11.6 Å². The molecule has 2 fully saturated rings. The zero-order valence-corrected chi connectivity index (χ0v) is 12.0. The molecule has 0 radical (unpaired) electrons. The van der Waals surface area contributed by atoms with Crippen molar-refractivity contribution in [3.8, 4) is 0 Å². The molecular formula is C15H21N3O3. The van der Waals surface area contributed by atoms with Gasteiger partial charge >= 0.3 is 5.97 Å². The van der Waals surface area contributed by atoms with Gasteiger partial charge in [0, 0.05) is 18.5 Å². The van der Waals surface area contributed by atoms with Crippen LogP contribution in [0.1, 0.15) is 50.3 Å². The molecule has 2 aliphatic rings. The summed E-state index contributed by atoms with van der Waals surface area (Å²) in [6.07, 6.45) is 5.54. The van der Waals surface area contributed by atoms with Crippen molar-refractivity contribution in [3.63, 3.8) is 0 Å². The highest BCUT2D eigenvalue weighted by Gasteiger charge is 2.27. The van der Waals surface area contributed by atoms with Crippen molar-refractivity contribution in [1.29, 1.82) is 0 Å². The van der Waals surface area contributed by atoms with Crippen LogP contribution >= 0.6 is 0 Å². The molecule has 0 bridgehead atoms. The minimum atomic E-state index is -0.674. The summed E-state index contributed by atoms with van der Waals surface area (Å²) in [6.45, 7) is 0.757. The van der Waals surface area contributed by atoms with E-state index in [9.17, 15) is 9.59 Å². The number of hydrogen-bond donors (Lipinski definition) is 3. The first-order valence-electron chi connectivity index (χ1n) is 7.70. The third kappa shape index (κ3) is 3.62. The number of anilines is 1. The number of carboxylic acid groups (broad SMARTS) is 1. The Balaban J connectivity index is 1.54. The molecule has 0 unspecified atom stereocenters. The van der Waals surface area contributed by atoms with Gasteiger partial charge in [0.2, 0.25) is 0 Å². The van der Waals surface area contributed by atoms with E-state index < -0.39 is 5.97 Å². The predicted octanol–water partition coefficient (Wildman–Crippen LogP) is 1.95. The second kappa shape index (κ2) is 5.87. The maximum Gasteiger partial charge on any atom is 0.306 e. The molecule has 1 heterocycles. The summed E-state index contributed by atoms with van der Waals surface area (Å²) >= 11 is 0. The highest BCUT2D eigenvalue weighted by molar-refractivity contribution is 5.70. The lowest BCUT2D eigenvalue weighted by molar-refractivity contribution is -0.143. The first-order valence-corrected chi connectivity index (χ1v) is 7.70. The van der Waals surface area contributed by atoms with Gasteiger partial charge in [0.15, 0.2) is 0 Å². The molecule has 0 spiro atoms. The van der Waals surface area contributed by atoms with Crippen LogP contribution in [0.5, 0.6) is 0 Å². The van der Waals surface area contributed by atoms with Gasteiger partial charge in [0.05, 0.1) is 5.92 Å². The fourth-order valence-corrected chi connectivity index (χ4v) is 2.98. The normalized spacial score (nSPS) is 25.5. The Morgan fingerprint density at radius 3 is 2.62 bits per heavy atom. The number of carbonyl (C=O) groups is 1. The van der Waals surface area contributed by atoms with Crippen LogP contribution in [0.25, 0.3) is 0 Å². The number of aromatic amines is 1. The molecule has 2 aliphatic carbocycles. The zero-order chi connectivity index (χ0) is 14.8. The van der Waals surface area contributed by atoms with Crippen molar-refractivity contribution >= 4 is 11.8 Å². The van der Waals surface area contributed by atoms with E-state index in [1.54, 1.807) is 0 Å². The molecule has 1 aromatic rings. The lowest BCUT2D eigenvalue weighted by Gasteiger charge is -2.26. The maximum absolute atomic E-state index is 11.6. The largest absolute Gasteiger partial charge is 0.481 e. The molecule has 114 valence electrons. The molecule has 2 saturated carbocycles. The monoisotopic (exact) mass is 291 g/mol. The Bertz CT molecular complexity index is 572. The van der Waals surface area contributed by atoms with Crippen molar-refractivity contribution in [3.05, 3.63) is 22.2 Å². The van der Waals surface area contributed by atoms with E-state index in [0.29, 0.717) is 17.7 Å². The third-order valence-electron chi connectivity index (χ3n) is 4.49. The molecule has 0 aromatic carbocycles. The van der Waals surface area contributed by atoms with Crippen molar-refractivity contribution in [2.75, 3.05) is 11.9 Å². The molecule has 0 aliphatic heterocycles. The van der Waals surface area contributed by atoms with Gasteiger partial charge in [-0.2, -0.15) is 0 Å². The van der Waals surface area contributed by atoms with E-state index in [0.717, 1.165) is 50.9 Å². The average Bonchev–Trinajstić information content (AvgIpc) is 3.29. The van der Waals surface area contributed by atoms with Gasteiger partial charge in [-0.1, -0.05) is 0 Å². The molecule has 21 heavy (non-hydrogen) atoms. The van der Waals surface area contributed by atoms with Crippen LogP contribution in [0.15, 0.2) is 10.9 Å². The SMILES string of the molecule is O=C(O)C1CCC(CNc2cc(=O)[nH]c(C3CC3)n2)CC1. The van der Waals surface area contributed by atoms with Crippen molar-refractivity contribution in [2.24, 2.45) is 11.8 Å². The van der Waals surface area contributed by atoms with Crippen LogP contribution < -0.4 is 10.9 Å². The number of H-pyrrole nitrogens is 1. The van der Waals surface area contributed by atoms with Gasteiger partial charge in [0.25, 0.3) is 5.56 Å². The molecule has 6 heteroatoms. The molecule has 0 amide bonds. The number of nitrogens with zero attached hydrogens (tertiary/aromatic N) is 1. The van der Waals surface area contributed by atoms with Crippen LogP contribution in [0.4, 0.5) is 5.82 Å². The molecule has 3 N–H and O–H groups in total. The van der Waals surface area contributed by atoms with Crippen LogP contribution in [-0.2, 0) is 4.79 Å². The standard InChI is InChI=1S/C15H21N3O3/c19-13-7-12(17-14(18-13)10-5-6-10)16-8-9-1-3-11(4-2-9)15(20)21/h7,9-11H,1-6,8H2,(H,20,21)(H2,16,17,18,19). The lowest BCUT2D eigenvalue weighted by Crippen LogP contribution is -2.26. The molecule has 0 saturated heterocycles. The topological polar surface area (TPSA) is 95.1 Å². The van der Waals surface area contributed by atoms with Gasteiger partial charge in [-0.3, -0.25) is 9.59 Å². The van der Waals surface area contributed by atoms with Crippen LogP contribution in [0.3, 0.4) is 0 Å².